The average Bonchev–Trinajstić information content (AvgIpc) is 3.31. The van der Waals surface area contributed by atoms with Crippen molar-refractivity contribution in [3.05, 3.63) is 48.0 Å². The first-order chi connectivity index (χ1) is 16.1. The van der Waals surface area contributed by atoms with Gasteiger partial charge >= 0.3 is 0 Å². The Bertz CT molecular complexity index is 984. The number of piperidine rings is 2. The highest BCUT2D eigenvalue weighted by Crippen LogP contribution is 2.36. The van der Waals surface area contributed by atoms with Crippen molar-refractivity contribution in [1.29, 1.82) is 0 Å². The van der Waals surface area contributed by atoms with E-state index in [-0.39, 0.29) is 17.8 Å². The smallest absolute Gasteiger partial charge is 0.231 e. The molecule has 2 aromatic rings. The van der Waals surface area contributed by atoms with Crippen LogP contribution in [0.3, 0.4) is 0 Å². The highest BCUT2D eigenvalue weighted by Gasteiger charge is 2.32. The SMILES string of the molecule is CC(C)Oc1cccc(C(=O)[C@H]2CCCN(C3CCN(c4ccc5c(c4)OCO5)CC3)C2)c1. The van der Waals surface area contributed by atoms with Crippen LogP contribution in [0.25, 0.3) is 0 Å². The molecule has 3 heterocycles. The number of Topliss-reactive ketones (excluding diaryl/α,β-unsaturated/α-hetero) is 1. The molecule has 2 fully saturated rings. The van der Waals surface area contributed by atoms with Crippen molar-refractivity contribution in [2.45, 2.75) is 51.7 Å². The molecule has 0 aromatic heterocycles. The number of anilines is 1. The Kier molecular flexibility index (Phi) is 6.45. The summed E-state index contributed by atoms with van der Waals surface area (Å²) in [6.45, 7) is 8.32. The summed E-state index contributed by atoms with van der Waals surface area (Å²) in [6, 6.07) is 14.5. The van der Waals surface area contributed by atoms with Crippen molar-refractivity contribution >= 4 is 11.5 Å². The van der Waals surface area contributed by atoms with Gasteiger partial charge in [0, 0.05) is 48.9 Å². The van der Waals surface area contributed by atoms with Crippen molar-refractivity contribution in [1.82, 2.24) is 4.90 Å². The maximum absolute atomic E-state index is 13.3. The predicted octanol–water partition coefficient (Wildman–Crippen LogP) is 4.77. The van der Waals surface area contributed by atoms with E-state index in [0.717, 1.165) is 74.7 Å². The summed E-state index contributed by atoms with van der Waals surface area (Å²) in [5.74, 6) is 2.78. The van der Waals surface area contributed by atoms with Crippen LogP contribution in [0.2, 0.25) is 0 Å². The zero-order valence-electron chi connectivity index (χ0n) is 19.7. The molecule has 1 atom stereocenters. The molecule has 176 valence electrons. The Labute approximate surface area is 196 Å². The van der Waals surface area contributed by atoms with E-state index in [9.17, 15) is 4.79 Å². The molecule has 6 heteroatoms. The zero-order valence-corrected chi connectivity index (χ0v) is 19.7. The molecule has 0 N–H and O–H groups in total. The minimum atomic E-state index is 0.0694. The van der Waals surface area contributed by atoms with Gasteiger partial charge in [-0.2, -0.15) is 0 Å². The molecule has 0 bridgehead atoms. The van der Waals surface area contributed by atoms with Gasteiger partial charge in [0.1, 0.15) is 5.75 Å². The molecule has 6 nitrogen and oxygen atoms in total. The van der Waals surface area contributed by atoms with Crippen molar-refractivity contribution in [3.8, 4) is 17.2 Å². The van der Waals surface area contributed by atoms with Gasteiger partial charge in [0.25, 0.3) is 0 Å². The third kappa shape index (κ3) is 4.96. The summed E-state index contributed by atoms with van der Waals surface area (Å²) in [6.07, 6.45) is 4.39. The maximum atomic E-state index is 13.3. The summed E-state index contributed by atoms with van der Waals surface area (Å²) < 4.78 is 16.8. The Morgan fingerprint density at radius 2 is 1.82 bits per heavy atom. The van der Waals surface area contributed by atoms with Crippen LogP contribution in [-0.4, -0.2) is 55.8 Å². The Hall–Kier alpha value is -2.73. The number of carbonyl (C=O) groups excluding carboxylic acids is 1. The normalized spacial score (nSPS) is 21.4. The van der Waals surface area contributed by atoms with E-state index in [1.165, 1.54) is 5.69 Å². The molecule has 0 saturated carbocycles. The third-order valence-electron chi connectivity index (χ3n) is 7.02. The second-order valence-electron chi connectivity index (χ2n) is 9.65. The number of benzene rings is 2. The average molecular weight is 451 g/mol. The number of fused-ring (bicyclic) bond motifs is 1. The Morgan fingerprint density at radius 3 is 2.64 bits per heavy atom. The Balaban J connectivity index is 1.18. The van der Waals surface area contributed by atoms with Crippen molar-refractivity contribution in [3.63, 3.8) is 0 Å². The molecular weight excluding hydrogens is 416 g/mol. The van der Waals surface area contributed by atoms with Gasteiger partial charge in [-0.05, 0) is 70.3 Å². The fraction of sp³-hybridized carbons (Fsp3) is 0.519. The molecule has 3 aliphatic heterocycles. The summed E-state index contributed by atoms with van der Waals surface area (Å²) in [7, 11) is 0. The van der Waals surface area contributed by atoms with E-state index in [1.54, 1.807) is 0 Å². The lowest BCUT2D eigenvalue weighted by Gasteiger charge is -2.42. The van der Waals surface area contributed by atoms with Crippen molar-refractivity contribution in [2.24, 2.45) is 5.92 Å². The van der Waals surface area contributed by atoms with Crippen LogP contribution in [-0.2, 0) is 0 Å². The van der Waals surface area contributed by atoms with Gasteiger partial charge in [0.05, 0.1) is 6.10 Å². The molecular formula is C27H34N2O4. The third-order valence-corrected chi connectivity index (χ3v) is 7.02. The molecule has 33 heavy (non-hydrogen) atoms. The summed E-state index contributed by atoms with van der Waals surface area (Å²) >= 11 is 0. The summed E-state index contributed by atoms with van der Waals surface area (Å²) in [5, 5.41) is 0. The van der Waals surface area contributed by atoms with Crippen LogP contribution in [0.1, 0.15) is 49.9 Å². The number of rotatable bonds is 6. The summed E-state index contributed by atoms with van der Waals surface area (Å²) in [4.78, 5) is 18.3. The molecule has 0 spiro atoms. The van der Waals surface area contributed by atoms with E-state index in [4.69, 9.17) is 14.2 Å². The van der Waals surface area contributed by atoms with Gasteiger partial charge in [-0.3, -0.25) is 9.69 Å². The number of carbonyl (C=O) groups is 1. The van der Waals surface area contributed by atoms with Gasteiger partial charge in [-0.25, -0.2) is 0 Å². The van der Waals surface area contributed by atoms with Crippen molar-refractivity contribution < 1.29 is 19.0 Å². The van der Waals surface area contributed by atoms with Crippen LogP contribution < -0.4 is 19.1 Å². The van der Waals surface area contributed by atoms with Crippen LogP contribution in [0.5, 0.6) is 17.2 Å². The maximum Gasteiger partial charge on any atom is 0.231 e. The fourth-order valence-electron chi connectivity index (χ4n) is 5.35. The fourth-order valence-corrected chi connectivity index (χ4v) is 5.35. The highest BCUT2D eigenvalue weighted by atomic mass is 16.7. The molecule has 2 aromatic carbocycles. The topological polar surface area (TPSA) is 51.2 Å². The van der Waals surface area contributed by atoms with E-state index in [1.807, 2.05) is 44.2 Å². The number of ether oxygens (including phenoxy) is 3. The van der Waals surface area contributed by atoms with Gasteiger partial charge in [-0.1, -0.05) is 12.1 Å². The molecule has 3 aliphatic rings. The number of nitrogens with zero attached hydrogens (tertiary/aromatic N) is 2. The van der Waals surface area contributed by atoms with E-state index < -0.39 is 0 Å². The molecule has 5 rings (SSSR count). The lowest BCUT2D eigenvalue weighted by molar-refractivity contribution is 0.0719. The standard InChI is InChI=1S/C27H34N2O4/c1-19(2)33-24-7-3-5-20(15-24)27(30)21-6-4-12-29(17-21)22-10-13-28(14-11-22)23-8-9-25-26(16-23)32-18-31-25/h3,5,7-9,15-16,19,21-22H,4,6,10-14,17-18H2,1-2H3/t21-/m0/s1. The first kappa shape index (κ1) is 22.1. The molecule has 2 saturated heterocycles. The van der Waals surface area contributed by atoms with E-state index in [2.05, 4.69) is 21.9 Å². The number of ketones is 1. The number of likely N-dealkylation sites (tertiary alicyclic amines) is 1. The van der Waals surface area contributed by atoms with Gasteiger partial charge in [0.15, 0.2) is 17.3 Å². The quantitative estimate of drug-likeness (QED) is 0.591. The first-order valence-electron chi connectivity index (χ1n) is 12.3. The van der Waals surface area contributed by atoms with Gasteiger partial charge < -0.3 is 19.1 Å². The molecule has 0 aliphatic carbocycles. The predicted molar refractivity (Wildman–Crippen MR) is 129 cm³/mol. The summed E-state index contributed by atoms with van der Waals surface area (Å²) in [5.41, 5.74) is 1.98. The van der Waals surface area contributed by atoms with Gasteiger partial charge in [-0.15, -0.1) is 0 Å². The number of hydrogen-bond acceptors (Lipinski definition) is 6. The first-order valence-corrected chi connectivity index (χ1v) is 12.3. The van der Waals surface area contributed by atoms with Gasteiger partial charge in [0.2, 0.25) is 6.79 Å². The largest absolute Gasteiger partial charge is 0.491 e. The minimum absolute atomic E-state index is 0.0694. The molecule has 0 amide bonds. The lowest BCUT2D eigenvalue weighted by Crippen LogP contribution is -2.49. The monoisotopic (exact) mass is 450 g/mol. The van der Waals surface area contributed by atoms with Crippen LogP contribution >= 0.6 is 0 Å². The minimum Gasteiger partial charge on any atom is -0.491 e. The second kappa shape index (κ2) is 9.64. The van der Waals surface area contributed by atoms with E-state index >= 15 is 0 Å². The number of hydrogen-bond donors (Lipinski definition) is 0. The molecule has 0 radical (unpaired) electrons. The lowest BCUT2D eigenvalue weighted by atomic mass is 9.88. The molecule has 0 unspecified atom stereocenters. The second-order valence-corrected chi connectivity index (χ2v) is 9.65. The van der Waals surface area contributed by atoms with Crippen LogP contribution in [0, 0.1) is 5.92 Å². The van der Waals surface area contributed by atoms with Crippen LogP contribution in [0.4, 0.5) is 5.69 Å². The van der Waals surface area contributed by atoms with E-state index in [0.29, 0.717) is 12.8 Å². The van der Waals surface area contributed by atoms with Crippen molar-refractivity contribution in [2.75, 3.05) is 37.9 Å². The zero-order chi connectivity index (χ0) is 22.8. The Morgan fingerprint density at radius 1 is 1.00 bits per heavy atom. The van der Waals surface area contributed by atoms with Crippen LogP contribution in [0.15, 0.2) is 42.5 Å². The highest BCUT2D eigenvalue weighted by molar-refractivity contribution is 5.98.